The summed E-state index contributed by atoms with van der Waals surface area (Å²) in [5.74, 6) is 0. The second kappa shape index (κ2) is 10.8. The lowest BCUT2D eigenvalue weighted by Crippen LogP contribution is -1.92. The van der Waals surface area contributed by atoms with Crippen LogP contribution in [0.5, 0.6) is 0 Å². The van der Waals surface area contributed by atoms with Crippen LogP contribution in [0.4, 0.5) is 0 Å². The van der Waals surface area contributed by atoms with E-state index in [1.807, 2.05) is 12.3 Å². The summed E-state index contributed by atoms with van der Waals surface area (Å²) in [5.41, 5.74) is 16.9. The molecule has 46 heavy (non-hydrogen) atoms. The summed E-state index contributed by atoms with van der Waals surface area (Å²) in [6.07, 6.45) is 2.04. The van der Waals surface area contributed by atoms with Crippen molar-refractivity contribution in [2.45, 2.75) is 0 Å². The molecule has 1 aliphatic rings. The molecule has 0 amide bonds. The van der Waals surface area contributed by atoms with E-state index in [-0.39, 0.29) is 0 Å². The fourth-order valence-electron chi connectivity index (χ4n) is 7.18. The first-order valence-electron chi connectivity index (χ1n) is 15.8. The normalized spacial score (nSPS) is 11.5. The third kappa shape index (κ3) is 4.29. The van der Waals surface area contributed by atoms with Crippen molar-refractivity contribution in [1.29, 1.82) is 0 Å². The van der Waals surface area contributed by atoms with Crippen molar-refractivity contribution in [3.63, 3.8) is 0 Å². The molecule has 8 aromatic rings. The van der Waals surface area contributed by atoms with Crippen LogP contribution in [-0.2, 0) is 0 Å². The summed E-state index contributed by atoms with van der Waals surface area (Å²) >= 11 is 0. The Morgan fingerprint density at radius 3 is 1.50 bits per heavy atom. The lowest BCUT2D eigenvalue weighted by atomic mass is 9.88. The lowest BCUT2D eigenvalue weighted by molar-refractivity contribution is 1.32. The topological polar surface area (TPSA) is 12.9 Å². The van der Waals surface area contributed by atoms with Gasteiger partial charge in [0.15, 0.2) is 0 Å². The third-order valence-electron chi connectivity index (χ3n) is 9.31. The highest BCUT2D eigenvalue weighted by molar-refractivity contribution is 6.19. The maximum atomic E-state index is 4.95. The van der Waals surface area contributed by atoms with Crippen LogP contribution in [0.25, 0.3) is 88.8 Å². The van der Waals surface area contributed by atoms with Gasteiger partial charge in [-0.15, -0.1) is 0 Å². The number of benzene rings is 7. The van der Waals surface area contributed by atoms with Crippen molar-refractivity contribution in [2.75, 3.05) is 0 Å². The van der Waals surface area contributed by atoms with Gasteiger partial charge in [0.2, 0.25) is 0 Å². The van der Waals surface area contributed by atoms with Gasteiger partial charge in [-0.25, -0.2) is 0 Å². The Hall–Kier alpha value is -6.05. The molecule has 1 aromatic heterocycles. The van der Waals surface area contributed by atoms with E-state index in [0.717, 1.165) is 22.4 Å². The van der Waals surface area contributed by atoms with Crippen LogP contribution in [0.2, 0.25) is 0 Å². The van der Waals surface area contributed by atoms with Gasteiger partial charge in [0.25, 0.3) is 0 Å². The van der Waals surface area contributed by atoms with Crippen LogP contribution in [0, 0.1) is 0 Å². The largest absolute Gasteiger partial charge is 0.256 e. The van der Waals surface area contributed by atoms with Gasteiger partial charge in [0, 0.05) is 17.3 Å². The molecule has 0 atom stereocenters. The molecule has 0 fully saturated rings. The van der Waals surface area contributed by atoms with Gasteiger partial charge in [-0.3, -0.25) is 4.98 Å². The van der Waals surface area contributed by atoms with E-state index in [0.29, 0.717) is 0 Å². The maximum absolute atomic E-state index is 4.95. The number of hydrogen-bond donors (Lipinski definition) is 0. The van der Waals surface area contributed by atoms with Crippen LogP contribution in [0.15, 0.2) is 176 Å². The van der Waals surface area contributed by atoms with Gasteiger partial charge < -0.3 is 0 Å². The van der Waals surface area contributed by atoms with E-state index in [4.69, 9.17) is 4.98 Å². The summed E-state index contributed by atoms with van der Waals surface area (Å²) in [4.78, 5) is 4.95. The predicted molar refractivity (Wildman–Crippen MR) is 193 cm³/mol. The molecular weight excluding hydrogens is 555 g/mol. The molecule has 0 unspecified atom stereocenters. The molecule has 0 radical (unpaired) electrons. The van der Waals surface area contributed by atoms with Crippen LogP contribution < -0.4 is 0 Å². The van der Waals surface area contributed by atoms with Gasteiger partial charge in [-0.1, -0.05) is 158 Å². The van der Waals surface area contributed by atoms with Crippen molar-refractivity contribution in [1.82, 2.24) is 4.98 Å². The number of fused-ring (bicyclic) bond motifs is 3. The summed E-state index contributed by atoms with van der Waals surface area (Å²) in [6.45, 7) is 0. The van der Waals surface area contributed by atoms with E-state index in [1.54, 1.807) is 0 Å². The average Bonchev–Trinajstić information content (AvgIpc) is 3.47. The summed E-state index contributed by atoms with van der Waals surface area (Å²) in [7, 11) is 0. The van der Waals surface area contributed by atoms with Gasteiger partial charge >= 0.3 is 0 Å². The van der Waals surface area contributed by atoms with E-state index < -0.39 is 0 Å². The molecule has 214 valence electrons. The standard InChI is InChI=1S/C45H29N/c1-3-13-30(14-4-1)42-28-44(31-15-5-2-6-16-31)46-29-43(42)33-18-11-17-32(27-33)34-19-7-8-20-35(34)38-25-26-41-37-22-10-9-21-36(37)39-23-12-24-40(38)45(39)41/h1-29H. The number of pyridine rings is 1. The lowest BCUT2D eigenvalue weighted by Gasteiger charge is -2.16. The predicted octanol–water partition coefficient (Wildman–Crippen LogP) is 12.2. The second-order valence-corrected chi connectivity index (χ2v) is 11.9. The summed E-state index contributed by atoms with van der Waals surface area (Å²) in [6, 6.07) is 61.1. The molecule has 7 aromatic carbocycles. The zero-order valence-electron chi connectivity index (χ0n) is 25.2. The number of hydrogen-bond acceptors (Lipinski definition) is 1. The molecule has 0 saturated carbocycles. The first-order valence-corrected chi connectivity index (χ1v) is 15.8. The number of rotatable bonds is 5. The Kier molecular flexibility index (Phi) is 6.21. The quantitative estimate of drug-likeness (QED) is 0.196. The Morgan fingerprint density at radius 2 is 0.783 bits per heavy atom. The number of aromatic nitrogens is 1. The van der Waals surface area contributed by atoms with Crippen molar-refractivity contribution in [3.8, 4) is 78.0 Å². The fraction of sp³-hybridized carbons (Fsp3) is 0. The minimum atomic E-state index is 0.971. The van der Waals surface area contributed by atoms with E-state index >= 15 is 0 Å². The van der Waals surface area contributed by atoms with Gasteiger partial charge in [-0.2, -0.15) is 0 Å². The van der Waals surface area contributed by atoms with E-state index in [1.165, 1.54) is 66.4 Å². The highest BCUT2D eigenvalue weighted by atomic mass is 14.7. The van der Waals surface area contributed by atoms with Crippen LogP contribution in [0.3, 0.4) is 0 Å². The fourth-order valence-corrected chi connectivity index (χ4v) is 7.18. The van der Waals surface area contributed by atoms with Crippen LogP contribution in [-0.4, -0.2) is 4.98 Å². The molecule has 9 rings (SSSR count). The molecule has 0 saturated heterocycles. The van der Waals surface area contributed by atoms with E-state index in [9.17, 15) is 0 Å². The Morgan fingerprint density at radius 1 is 0.283 bits per heavy atom. The highest BCUT2D eigenvalue weighted by Crippen LogP contribution is 2.50. The molecule has 0 N–H and O–H groups in total. The zero-order chi connectivity index (χ0) is 30.5. The second-order valence-electron chi connectivity index (χ2n) is 11.9. The van der Waals surface area contributed by atoms with Gasteiger partial charge in [0.1, 0.15) is 0 Å². The molecule has 0 spiro atoms. The van der Waals surface area contributed by atoms with Crippen molar-refractivity contribution in [3.05, 3.63) is 176 Å². The zero-order valence-corrected chi connectivity index (χ0v) is 25.2. The minimum Gasteiger partial charge on any atom is -0.256 e. The van der Waals surface area contributed by atoms with Crippen molar-refractivity contribution in [2.24, 2.45) is 0 Å². The Bertz CT molecular complexity index is 2370. The monoisotopic (exact) mass is 583 g/mol. The molecular formula is C45H29N. The third-order valence-corrected chi connectivity index (χ3v) is 9.31. The first-order chi connectivity index (χ1) is 22.8. The van der Waals surface area contributed by atoms with Crippen molar-refractivity contribution >= 4 is 10.8 Å². The smallest absolute Gasteiger partial charge is 0.0708 e. The SMILES string of the molecule is c1ccc(-c2cc(-c3ccccc3)c(-c3cccc(-c4ccccc4-c4ccc5c6c(cccc46)-c4ccccc4-5)c3)cn2)cc1. The molecule has 1 heteroatoms. The first kappa shape index (κ1) is 26.4. The van der Waals surface area contributed by atoms with Crippen LogP contribution in [0.1, 0.15) is 0 Å². The van der Waals surface area contributed by atoms with E-state index in [2.05, 4.69) is 164 Å². The Balaban J connectivity index is 1.19. The minimum absolute atomic E-state index is 0.971. The summed E-state index contributed by atoms with van der Waals surface area (Å²) in [5, 5.41) is 2.64. The molecule has 1 aliphatic carbocycles. The summed E-state index contributed by atoms with van der Waals surface area (Å²) < 4.78 is 0. The van der Waals surface area contributed by atoms with Gasteiger partial charge in [-0.05, 0) is 84.1 Å². The molecule has 0 aliphatic heterocycles. The average molecular weight is 584 g/mol. The van der Waals surface area contributed by atoms with Gasteiger partial charge in [0.05, 0.1) is 5.69 Å². The Labute approximate surface area is 269 Å². The number of nitrogens with zero attached hydrogens (tertiary/aromatic N) is 1. The molecule has 1 nitrogen and oxygen atoms in total. The highest BCUT2D eigenvalue weighted by Gasteiger charge is 2.23. The van der Waals surface area contributed by atoms with Crippen molar-refractivity contribution < 1.29 is 0 Å². The maximum Gasteiger partial charge on any atom is 0.0708 e. The molecule has 0 bridgehead atoms. The van der Waals surface area contributed by atoms with Crippen LogP contribution >= 0.6 is 0 Å². The molecule has 1 heterocycles.